The van der Waals surface area contributed by atoms with E-state index in [2.05, 4.69) is 5.32 Å². The van der Waals surface area contributed by atoms with Crippen LogP contribution in [0, 0.1) is 6.92 Å². The molecule has 0 aliphatic heterocycles. The van der Waals surface area contributed by atoms with Gasteiger partial charge in [-0.25, -0.2) is 0 Å². The Morgan fingerprint density at radius 1 is 1.04 bits per heavy atom. The Kier molecular flexibility index (Phi) is 5.64. The molecule has 0 atom stereocenters. The number of hydrogen-bond donors (Lipinski definition) is 1. The average Bonchev–Trinajstić information content (AvgIpc) is 2.49. The van der Waals surface area contributed by atoms with E-state index < -0.39 is 0 Å². The maximum atomic E-state index is 12.2. The topological polar surface area (TPSA) is 49.4 Å². The molecule has 120 valence electrons. The lowest BCUT2D eigenvalue weighted by molar-refractivity contribution is -0.120. The summed E-state index contributed by atoms with van der Waals surface area (Å²) in [4.78, 5) is 25.4. The highest BCUT2D eigenvalue weighted by atomic mass is 35.5. The van der Waals surface area contributed by atoms with Gasteiger partial charge in [0, 0.05) is 18.3 Å². The van der Waals surface area contributed by atoms with E-state index in [9.17, 15) is 9.59 Å². The summed E-state index contributed by atoms with van der Waals surface area (Å²) in [5.41, 5.74) is 2.28. The number of nitrogens with zero attached hydrogens (tertiary/aromatic N) is 1. The second kappa shape index (κ2) is 7.49. The summed E-state index contributed by atoms with van der Waals surface area (Å²) < 4.78 is 0. The third-order valence-corrected chi connectivity index (χ3v) is 3.97. The highest BCUT2D eigenvalue weighted by Gasteiger charge is 2.16. The number of carbonyl (C=O) groups excluding carboxylic acids is 2. The summed E-state index contributed by atoms with van der Waals surface area (Å²) in [6.45, 7) is 3.30. The number of halogens is 2. The molecule has 0 fully saturated rings. The summed E-state index contributed by atoms with van der Waals surface area (Å²) >= 11 is 11.8. The van der Waals surface area contributed by atoms with Gasteiger partial charge in [-0.3, -0.25) is 9.59 Å². The fourth-order valence-corrected chi connectivity index (χ4v) is 2.33. The molecule has 2 aromatic carbocycles. The van der Waals surface area contributed by atoms with Crippen molar-refractivity contribution in [1.29, 1.82) is 0 Å². The van der Waals surface area contributed by atoms with Gasteiger partial charge in [-0.15, -0.1) is 0 Å². The van der Waals surface area contributed by atoms with E-state index in [1.807, 2.05) is 31.2 Å². The van der Waals surface area contributed by atoms with Crippen LogP contribution in [0.2, 0.25) is 10.0 Å². The SMILES string of the molecule is CC(=O)N(CC(=O)Nc1ccc(Cl)c(Cl)c1)c1ccc(C)cc1. The van der Waals surface area contributed by atoms with Crippen LogP contribution in [0.25, 0.3) is 0 Å². The number of nitrogens with one attached hydrogen (secondary N) is 1. The Bertz CT molecular complexity index is 730. The van der Waals surface area contributed by atoms with Crippen LogP contribution < -0.4 is 10.2 Å². The van der Waals surface area contributed by atoms with Crippen LogP contribution in [-0.4, -0.2) is 18.4 Å². The van der Waals surface area contributed by atoms with E-state index in [1.54, 1.807) is 18.2 Å². The van der Waals surface area contributed by atoms with Crippen LogP contribution in [0.5, 0.6) is 0 Å². The fraction of sp³-hybridized carbons (Fsp3) is 0.176. The normalized spacial score (nSPS) is 10.3. The van der Waals surface area contributed by atoms with Crippen molar-refractivity contribution in [1.82, 2.24) is 0 Å². The van der Waals surface area contributed by atoms with Gasteiger partial charge in [-0.05, 0) is 37.3 Å². The molecule has 4 nitrogen and oxygen atoms in total. The Balaban J connectivity index is 2.10. The molecule has 0 saturated heterocycles. The molecule has 0 spiro atoms. The van der Waals surface area contributed by atoms with Crippen molar-refractivity contribution in [3.05, 3.63) is 58.1 Å². The third kappa shape index (κ3) is 4.71. The van der Waals surface area contributed by atoms with Gasteiger partial charge in [0.2, 0.25) is 11.8 Å². The predicted octanol–water partition coefficient (Wildman–Crippen LogP) is 4.29. The van der Waals surface area contributed by atoms with Crippen LogP contribution in [0.1, 0.15) is 12.5 Å². The predicted molar refractivity (Wildman–Crippen MR) is 94.3 cm³/mol. The Morgan fingerprint density at radius 2 is 1.70 bits per heavy atom. The number of aryl methyl sites for hydroxylation is 1. The minimum Gasteiger partial charge on any atom is -0.324 e. The smallest absolute Gasteiger partial charge is 0.244 e. The van der Waals surface area contributed by atoms with E-state index in [-0.39, 0.29) is 18.4 Å². The van der Waals surface area contributed by atoms with Gasteiger partial charge in [0.25, 0.3) is 0 Å². The van der Waals surface area contributed by atoms with Gasteiger partial charge >= 0.3 is 0 Å². The molecule has 23 heavy (non-hydrogen) atoms. The minimum absolute atomic E-state index is 0.0847. The highest BCUT2D eigenvalue weighted by molar-refractivity contribution is 6.42. The third-order valence-electron chi connectivity index (χ3n) is 3.23. The molecule has 0 aromatic heterocycles. The van der Waals surface area contributed by atoms with Crippen molar-refractivity contribution in [2.24, 2.45) is 0 Å². The number of rotatable bonds is 4. The molecule has 2 amide bonds. The molecule has 2 rings (SSSR count). The molecule has 0 radical (unpaired) electrons. The van der Waals surface area contributed by atoms with Crippen LogP contribution in [0.4, 0.5) is 11.4 Å². The maximum Gasteiger partial charge on any atom is 0.244 e. The van der Waals surface area contributed by atoms with Gasteiger partial charge in [0.05, 0.1) is 10.0 Å². The molecule has 0 heterocycles. The van der Waals surface area contributed by atoms with Crippen LogP contribution in [-0.2, 0) is 9.59 Å². The lowest BCUT2D eigenvalue weighted by Gasteiger charge is -2.21. The standard InChI is InChI=1S/C17H16Cl2N2O2/c1-11-3-6-14(7-4-11)21(12(2)22)10-17(23)20-13-5-8-15(18)16(19)9-13/h3-9H,10H2,1-2H3,(H,20,23). The molecule has 0 unspecified atom stereocenters. The minimum atomic E-state index is -0.320. The molecule has 1 N–H and O–H groups in total. The summed E-state index contributed by atoms with van der Waals surface area (Å²) in [6, 6.07) is 12.2. The lowest BCUT2D eigenvalue weighted by Crippen LogP contribution is -2.36. The van der Waals surface area contributed by atoms with E-state index in [1.165, 1.54) is 11.8 Å². The summed E-state index contributed by atoms with van der Waals surface area (Å²) in [5, 5.41) is 3.47. The zero-order chi connectivity index (χ0) is 17.0. The zero-order valence-corrected chi connectivity index (χ0v) is 14.3. The number of hydrogen-bond acceptors (Lipinski definition) is 2. The van der Waals surface area contributed by atoms with Gasteiger partial charge < -0.3 is 10.2 Å². The van der Waals surface area contributed by atoms with Crippen LogP contribution in [0.15, 0.2) is 42.5 Å². The molecular formula is C17H16Cl2N2O2. The number of amides is 2. The van der Waals surface area contributed by atoms with Gasteiger partial charge in [-0.2, -0.15) is 0 Å². The van der Waals surface area contributed by atoms with Crippen molar-refractivity contribution in [2.75, 3.05) is 16.8 Å². The summed E-state index contributed by atoms with van der Waals surface area (Å²) in [6.07, 6.45) is 0. The molecule has 0 aliphatic carbocycles. The van der Waals surface area contributed by atoms with Gasteiger partial charge in [0.15, 0.2) is 0 Å². The number of benzene rings is 2. The van der Waals surface area contributed by atoms with Crippen molar-refractivity contribution in [3.8, 4) is 0 Å². The van der Waals surface area contributed by atoms with Crippen molar-refractivity contribution >= 4 is 46.4 Å². The zero-order valence-electron chi connectivity index (χ0n) is 12.8. The Morgan fingerprint density at radius 3 is 2.26 bits per heavy atom. The molecule has 2 aromatic rings. The average molecular weight is 351 g/mol. The quantitative estimate of drug-likeness (QED) is 0.893. The van der Waals surface area contributed by atoms with Crippen LogP contribution >= 0.6 is 23.2 Å². The first-order chi connectivity index (χ1) is 10.9. The number of anilines is 2. The first kappa shape index (κ1) is 17.3. The molecule has 0 saturated carbocycles. The van der Waals surface area contributed by atoms with Crippen molar-refractivity contribution in [2.45, 2.75) is 13.8 Å². The van der Waals surface area contributed by atoms with Crippen molar-refractivity contribution in [3.63, 3.8) is 0 Å². The molecular weight excluding hydrogens is 335 g/mol. The first-order valence-corrected chi connectivity index (χ1v) is 7.72. The molecule has 0 bridgehead atoms. The van der Waals surface area contributed by atoms with Crippen molar-refractivity contribution < 1.29 is 9.59 Å². The van der Waals surface area contributed by atoms with E-state index in [0.717, 1.165) is 5.56 Å². The largest absolute Gasteiger partial charge is 0.324 e. The summed E-state index contributed by atoms with van der Waals surface area (Å²) in [5.74, 6) is -0.530. The van der Waals surface area contributed by atoms with E-state index >= 15 is 0 Å². The lowest BCUT2D eigenvalue weighted by atomic mass is 10.2. The van der Waals surface area contributed by atoms with E-state index in [4.69, 9.17) is 23.2 Å². The summed E-state index contributed by atoms with van der Waals surface area (Å²) in [7, 11) is 0. The van der Waals surface area contributed by atoms with Gasteiger partial charge in [0.1, 0.15) is 6.54 Å². The molecule has 6 heteroatoms. The monoisotopic (exact) mass is 350 g/mol. The first-order valence-electron chi connectivity index (χ1n) is 6.96. The van der Waals surface area contributed by atoms with E-state index in [0.29, 0.717) is 21.4 Å². The Labute approximate surface area is 145 Å². The highest BCUT2D eigenvalue weighted by Crippen LogP contribution is 2.25. The Hall–Kier alpha value is -2.04. The van der Waals surface area contributed by atoms with Crippen LogP contribution in [0.3, 0.4) is 0 Å². The van der Waals surface area contributed by atoms with Gasteiger partial charge in [-0.1, -0.05) is 40.9 Å². The molecule has 0 aliphatic rings. The second-order valence-electron chi connectivity index (χ2n) is 5.12. The maximum absolute atomic E-state index is 12.2. The fourth-order valence-electron chi connectivity index (χ4n) is 2.03. The number of carbonyl (C=O) groups is 2. The second-order valence-corrected chi connectivity index (χ2v) is 5.93.